The van der Waals surface area contributed by atoms with Gasteiger partial charge in [-0.25, -0.2) is 0 Å². The number of hydrogen-bond donors (Lipinski definition) is 2. The molecule has 1 aliphatic rings. The molecule has 0 heterocycles. The Morgan fingerprint density at radius 3 is 2.91 bits per heavy atom. The van der Waals surface area contributed by atoms with Crippen LogP contribution >= 0.6 is 0 Å². The lowest BCUT2D eigenvalue weighted by molar-refractivity contribution is -0.137. The monoisotopic (exact) mass is 322 g/mol. The van der Waals surface area contributed by atoms with Crippen LogP contribution in [0.5, 0.6) is 0 Å². The Kier molecular flexibility index (Phi) is 9.57. The molecule has 0 bridgehead atoms. The second-order valence-corrected chi connectivity index (χ2v) is 6.23. The number of aliphatic hydroxyl groups excluding tert-OH is 1. The van der Waals surface area contributed by atoms with Gasteiger partial charge in [0.25, 0.3) is 0 Å². The minimum atomic E-state index is -0.732. The number of rotatable bonds is 11. The number of aliphatic carboxylic acids is 1. The molecule has 4 nitrogen and oxygen atoms in total. The van der Waals surface area contributed by atoms with Crippen molar-refractivity contribution in [1.82, 2.24) is 0 Å². The molecule has 0 saturated heterocycles. The molecule has 1 rings (SSSR count). The molecular weight excluding hydrogens is 292 g/mol. The van der Waals surface area contributed by atoms with Gasteiger partial charge < -0.3 is 14.9 Å². The van der Waals surface area contributed by atoms with Gasteiger partial charge in [-0.1, -0.05) is 36.5 Å². The summed E-state index contributed by atoms with van der Waals surface area (Å²) in [6.07, 6.45) is 16.6. The van der Waals surface area contributed by atoms with E-state index in [4.69, 9.17) is 9.84 Å². The van der Waals surface area contributed by atoms with Crippen LogP contribution in [0.2, 0.25) is 0 Å². The molecule has 4 atom stereocenters. The number of methoxy groups -OCH3 is 1. The van der Waals surface area contributed by atoms with E-state index in [0.29, 0.717) is 24.7 Å². The van der Waals surface area contributed by atoms with Crippen LogP contribution in [0.25, 0.3) is 0 Å². The van der Waals surface area contributed by atoms with Gasteiger partial charge in [0.1, 0.15) is 0 Å². The van der Waals surface area contributed by atoms with Crippen LogP contribution in [0.15, 0.2) is 36.5 Å². The van der Waals surface area contributed by atoms with Gasteiger partial charge >= 0.3 is 5.97 Å². The fourth-order valence-electron chi connectivity index (χ4n) is 2.73. The van der Waals surface area contributed by atoms with Crippen molar-refractivity contribution in [3.63, 3.8) is 0 Å². The predicted octanol–water partition coefficient (Wildman–Crippen LogP) is 3.72. The summed E-state index contributed by atoms with van der Waals surface area (Å²) in [7, 11) is 1.65. The van der Waals surface area contributed by atoms with Crippen LogP contribution in [0.1, 0.15) is 45.4 Å². The number of carboxylic acid groups (broad SMARTS) is 1. The summed E-state index contributed by atoms with van der Waals surface area (Å²) in [5, 5.41) is 18.5. The third kappa shape index (κ3) is 8.72. The van der Waals surface area contributed by atoms with E-state index in [2.05, 4.69) is 30.4 Å². The molecule has 1 aliphatic carbocycles. The Labute approximate surface area is 139 Å². The van der Waals surface area contributed by atoms with Crippen LogP contribution in [-0.4, -0.2) is 35.5 Å². The zero-order chi connectivity index (χ0) is 17.1. The molecule has 0 saturated carbocycles. The summed E-state index contributed by atoms with van der Waals surface area (Å²) < 4.78 is 5.16. The molecule has 130 valence electrons. The topological polar surface area (TPSA) is 66.8 Å². The molecule has 0 spiro atoms. The van der Waals surface area contributed by atoms with Crippen LogP contribution in [0.4, 0.5) is 0 Å². The third-order valence-electron chi connectivity index (χ3n) is 4.24. The van der Waals surface area contributed by atoms with E-state index in [1.165, 1.54) is 0 Å². The van der Waals surface area contributed by atoms with Crippen molar-refractivity contribution in [1.29, 1.82) is 0 Å². The Bertz CT molecular complexity index is 425. The summed E-state index contributed by atoms with van der Waals surface area (Å²) in [6, 6.07) is 0. The molecule has 0 radical (unpaired) electrons. The molecule has 0 aromatic carbocycles. The summed E-state index contributed by atoms with van der Waals surface area (Å²) in [5.74, 6) is 0.171. The molecular formula is C19H30O4. The predicted molar refractivity (Wildman–Crippen MR) is 92.2 cm³/mol. The van der Waals surface area contributed by atoms with E-state index < -0.39 is 12.1 Å². The highest BCUT2D eigenvalue weighted by Crippen LogP contribution is 2.30. The number of aliphatic hydroxyl groups is 1. The normalized spacial score (nSPS) is 23.8. The van der Waals surface area contributed by atoms with Gasteiger partial charge in [-0.3, -0.25) is 4.79 Å². The summed E-state index contributed by atoms with van der Waals surface area (Å²) >= 11 is 0. The minimum absolute atomic E-state index is 0.0540. The van der Waals surface area contributed by atoms with Crippen molar-refractivity contribution in [2.24, 2.45) is 11.8 Å². The molecule has 0 aromatic heterocycles. The van der Waals surface area contributed by atoms with Crippen molar-refractivity contribution in [2.75, 3.05) is 7.11 Å². The summed E-state index contributed by atoms with van der Waals surface area (Å²) in [4.78, 5) is 10.4. The largest absolute Gasteiger partial charge is 0.481 e. The van der Waals surface area contributed by atoms with Gasteiger partial charge in [0.2, 0.25) is 0 Å². The first kappa shape index (κ1) is 19.7. The highest BCUT2D eigenvalue weighted by molar-refractivity contribution is 5.66. The zero-order valence-electron chi connectivity index (χ0n) is 14.2. The lowest BCUT2D eigenvalue weighted by Gasteiger charge is -2.16. The molecule has 0 fully saturated rings. The summed E-state index contributed by atoms with van der Waals surface area (Å²) in [6.45, 7) is 1.95. The molecule has 2 unspecified atom stereocenters. The van der Waals surface area contributed by atoms with Crippen molar-refractivity contribution >= 4 is 5.97 Å². The van der Waals surface area contributed by atoms with Gasteiger partial charge in [0, 0.05) is 20.0 Å². The maximum Gasteiger partial charge on any atom is 0.303 e. The van der Waals surface area contributed by atoms with Gasteiger partial charge in [0.15, 0.2) is 0 Å². The van der Waals surface area contributed by atoms with E-state index in [-0.39, 0.29) is 12.5 Å². The molecule has 0 amide bonds. The van der Waals surface area contributed by atoms with E-state index in [0.717, 1.165) is 19.3 Å². The van der Waals surface area contributed by atoms with Gasteiger partial charge in [-0.15, -0.1) is 0 Å². The highest BCUT2D eigenvalue weighted by atomic mass is 16.5. The lowest BCUT2D eigenvalue weighted by Crippen LogP contribution is -2.15. The van der Waals surface area contributed by atoms with Crippen LogP contribution < -0.4 is 0 Å². The number of carbonyl (C=O) groups is 1. The van der Waals surface area contributed by atoms with Crippen LogP contribution in [0.3, 0.4) is 0 Å². The Morgan fingerprint density at radius 1 is 1.43 bits per heavy atom. The number of ether oxygens (including phenoxy) is 1. The second kappa shape index (κ2) is 11.2. The second-order valence-electron chi connectivity index (χ2n) is 6.23. The first-order valence-corrected chi connectivity index (χ1v) is 8.45. The van der Waals surface area contributed by atoms with Crippen molar-refractivity contribution in [3.05, 3.63) is 36.5 Å². The highest BCUT2D eigenvalue weighted by Gasteiger charge is 2.19. The first-order chi connectivity index (χ1) is 11.0. The van der Waals surface area contributed by atoms with Gasteiger partial charge in [-0.05, 0) is 44.4 Å². The lowest BCUT2D eigenvalue weighted by atomic mass is 9.91. The molecule has 0 aromatic rings. The fraction of sp³-hybridized carbons (Fsp3) is 0.632. The van der Waals surface area contributed by atoms with E-state index >= 15 is 0 Å². The Balaban J connectivity index is 2.31. The quantitative estimate of drug-likeness (QED) is 0.449. The standard InChI is InChI=1S/C19H30O4/c1-15(23-2)14-18(20)13-12-17-10-7-9-16(17)8-5-3-4-6-11-19(21)22/h3,5,7,10,12-13,15-18,20H,4,6,8-9,11,14H2,1-2H3,(H,21,22)/b5-3-,13-12?/t15?,16-,17+,18?/m0/s1. The first-order valence-electron chi connectivity index (χ1n) is 8.45. The minimum Gasteiger partial charge on any atom is -0.481 e. The third-order valence-corrected chi connectivity index (χ3v) is 4.24. The van der Waals surface area contributed by atoms with E-state index in [9.17, 15) is 9.90 Å². The van der Waals surface area contributed by atoms with Crippen molar-refractivity contribution in [2.45, 2.75) is 57.7 Å². The average molecular weight is 322 g/mol. The SMILES string of the molecule is COC(C)CC(O)C=C[C@H]1C=CC[C@@H]1C/C=C\CCCC(=O)O. The number of hydrogen-bond acceptors (Lipinski definition) is 3. The molecule has 0 aliphatic heterocycles. The average Bonchev–Trinajstić information content (AvgIpc) is 2.95. The number of allylic oxidation sites excluding steroid dienone is 5. The van der Waals surface area contributed by atoms with Crippen LogP contribution in [-0.2, 0) is 9.53 Å². The molecule has 2 N–H and O–H groups in total. The van der Waals surface area contributed by atoms with Gasteiger partial charge in [0.05, 0.1) is 12.2 Å². The Morgan fingerprint density at radius 2 is 2.22 bits per heavy atom. The maximum absolute atomic E-state index is 10.4. The molecule has 23 heavy (non-hydrogen) atoms. The summed E-state index contributed by atoms with van der Waals surface area (Å²) in [5.41, 5.74) is 0. The van der Waals surface area contributed by atoms with Crippen molar-refractivity contribution in [3.8, 4) is 0 Å². The van der Waals surface area contributed by atoms with Crippen LogP contribution in [0, 0.1) is 11.8 Å². The number of carboxylic acids is 1. The molecule has 4 heteroatoms. The Hall–Kier alpha value is -1.39. The zero-order valence-corrected chi connectivity index (χ0v) is 14.2. The van der Waals surface area contributed by atoms with Gasteiger partial charge in [-0.2, -0.15) is 0 Å². The fourth-order valence-corrected chi connectivity index (χ4v) is 2.73. The smallest absolute Gasteiger partial charge is 0.303 e. The van der Waals surface area contributed by atoms with E-state index in [1.54, 1.807) is 7.11 Å². The van der Waals surface area contributed by atoms with Crippen molar-refractivity contribution < 1.29 is 19.7 Å². The maximum atomic E-state index is 10.4. The number of unbranched alkanes of at least 4 members (excludes halogenated alkanes) is 1. The van der Waals surface area contributed by atoms with E-state index in [1.807, 2.05) is 13.0 Å².